The summed E-state index contributed by atoms with van der Waals surface area (Å²) in [7, 11) is 0. The quantitative estimate of drug-likeness (QED) is 0.652. The number of aliphatic carboxylic acids is 1. The van der Waals surface area contributed by atoms with Crippen LogP contribution in [0.3, 0.4) is 0 Å². The fourth-order valence-electron chi connectivity index (χ4n) is 3.86. The van der Waals surface area contributed by atoms with Crippen molar-refractivity contribution in [2.24, 2.45) is 23.7 Å². The molecule has 1 heterocycles. The van der Waals surface area contributed by atoms with Crippen LogP contribution >= 0.6 is 0 Å². The molecule has 6 heteroatoms. The van der Waals surface area contributed by atoms with Gasteiger partial charge >= 0.3 is 5.97 Å². The maximum atomic E-state index is 12.5. The summed E-state index contributed by atoms with van der Waals surface area (Å²) in [5.74, 6) is -2.64. The normalized spacial score (nSPS) is 37.9. The number of allylic oxidation sites excluding steroid dienone is 2. The molecule has 0 aromatic heterocycles. The van der Waals surface area contributed by atoms with E-state index in [1.807, 2.05) is 12.2 Å². The van der Waals surface area contributed by atoms with Crippen molar-refractivity contribution in [1.29, 1.82) is 0 Å². The van der Waals surface area contributed by atoms with Crippen LogP contribution in [0.4, 0.5) is 0 Å². The highest BCUT2D eigenvalue weighted by Gasteiger charge is 2.52. The van der Waals surface area contributed by atoms with Crippen LogP contribution in [0.1, 0.15) is 25.7 Å². The summed E-state index contributed by atoms with van der Waals surface area (Å²) in [6.07, 6.45) is 6.99. The van der Waals surface area contributed by atoms with Gasteiger partial charge in [0.15, 0.2) is 0 Å². The van der Waals surface area contributed by atoms with E-state index in [0.717, 1.165) is 19.3 Å². The Kier molecular flexibility index (Phi) is 3.69. The zero-order chi connectivity index (χ0) is 15.0. The topological polar surface area (TPSA) is 95.5 Å². The molecular weight excluding hydrogens is 272 g/mol. The smallest absolute Gasteiger partial charge is 0.307 e. The van der Waals surface area contributed by atoms with Crippen molar-refractivity contribution >= 4 is 17.8 Å². The molecule has 21 heavy (non-hydrogen) atoms. The second-order valence-electron chi connectivity index (χ2n) is 6.19. The highest BCUT2D eigenvalue weighted by Crippen LogP contribution is 2.48. The van der Waals surface area contributed by atoms with Gasteiger partial charge in [0.05, 0.1) is 11.8 Å². The van der Waals surface area contributed by atoms with Gasteiger partial charge in [0.2, 0.25) is 11.8 Å². The van der Waals surface area contributed by atoms with Gasteiger partial charge in [-0.3, -0.25) is 14.4 Å². The fraction of sp³-hybridized carbons (Fsp3) is 0.667. The largest absolute Gasteiger partial charge is 0.481 e. The number of nitrogens with one attached hydrogen (secondary N) is 2. The minimum absolute atomic E-state index is 0.00932. The SMILES string of the molecule is O=C1NCCCCC1NC(=O)C1C2C=CC(C2)C1C(=O)O. The molecule has 2 aliphatic carbocycles. The van der Waals surface area contributed by atoms with Crippen LogP contribution < -0.4 is 10.6 Å². The van der Waals surface area contributed by atoms with Gasteiger partial charge < -0.3 is 15.7 Å². The van der Waals surface area contributed by atoms with Gasteiger partial charge in [0.1, 0.15) is 6.04 Å². The molecule has 114 valence electrons. The number of carboxylic acids is 1. The highest BCUT2D eigenvalue weighted by molar-refractivity contribution is 5.91. The van der Waals surface area contributed by atoms with Crippen molar-refractivity contribution < 1.29 is 19.5 Å². The maximum Gasteiger partial charge on any atom is 0.307 e. The summed E-state index contributed by atoms with van der Waals surface area (Å²) in [6, 6.07) is -0.530. The van der Waals surface area contributed by atoms with Crippen molar-refractivity contribution in [3.8, 4) is 0 Å². The molecule has 1 saturated heterocycles. The third-order valence-electron chi connectivity index (χ3n) is 4.90. The van der Waals surface area contributed by atoms with E-state index >= 15 is 0 Å². The molecule has 6 nitrogen and oxygen atoms in total. The van der Waals surface area contributed by atoms with Gasteiger partial charge in [0.25, 0.3) is 0 Å². The highest BCUT2D eigenvalue weighted by atomic mass is 16.4. The van der Waals surface area contributed by atoms with E-state index in [-0.39, 0.29) is 23.7 Å². The summed E-state index contributed by atoms with van der Waals surface area (Å²) in [5.41, 5.74) is 0. The Morgan fingerprint density at radius 2 is 1.90 bits per heavy atom. The number of carbonyl (C=O) groups excluding carboxylic acids is 2. The Morgan fingerprint density at radius 3 is 2.62 bits per heavy atom. The summed E-state index contributed by atoms with van der Waals surface area (Å²) < 4.78 is 0. The summed E-state index contributed by atoms with van der Waals surface area (Å²) in [4.78, 5) is 35.8. The van der Waals surface area contributed by atoms with E-state index in [2.05, 4.69) is 10.6 Å². The number of rotatable bonds is 3. The Hall–Kier alpha value is -1.85. The summed E-state index contributed by atoms with van der Waals surface area (Å²) >= 11 is 0. The van der Waals surface area contributed by atoms with Gasteiger partial charge in [-0.1, -0.05) is 12.2 Å². The predicted octanol–water partition coefficient (Wildman–Crippen LogP) is 0.294. The third kappa shape index (κ3) is 2.54. The van der Waals surface area contributed by atoms with Crippen molar-refractivity contribution in [1.82, 2.24) is 10.6 Å². The molecule has 5 atom stereocenters. The Morgan fingerprint density at radius 1 is 1.19 bits per heavy atom. The molecule has 3 aliphatic rings. The molecule has 0 spiro atoms. The lowest BCUT2D eigenvalue weighted by Gasteiger charge is -2.26. The lowest BCUT2D eigenvalue weighted by atomic mass is 9.82. The first-order chi connectivity index (χ1) is 10.1. The molecule has 5 unspecified atom stereocenters. The standard InChI is InChI=1S/C15H20N2O4/c18-13-10(3-1-2-6-16-13)17-14(19)11-8-4-5-9(7-8)12(11)15(20)21/h4-5,8-12H,1-3,6-7H2,(H,16,18)(H,17,19)(H,20,21). The first-order valence-electron chi connectivity index (χ1n) is 7.57. The molecular formula is C15H20N2O4. The second kappa shape index (κ2) is 5.50. The van der Waals surface area contributed by atoms with Crippen LogP contribution in [0.15, 0.2) is 12.2 Å². The Labute approximate surface area is 123 Å². The van der Waals surface area contributed by atoms with Crippen LogP contribution in [0.2, 0.25) is 0 Å². The van der Waals surface area contributed by atoms with Gasteiger partial charge in [-0.15, -0.1) is 0 Å². The second-order valence-corrected chi connectivity index (χ2v) is 6.19. The molecule has 0 aromatic rings. The summed E-state index contributed by atoms with van der Waals surface area (Å²) in [6.45, 7) is 0.639. The van der Waals surface area contributed by atoms with Crippen molar-refractivity contribution in [2.75, 3.05) is 6.54 Å². The zero-order valence-corrected chi connectivity index (χ0v) is 11.7. The lowest BCUT2D eigenvalue weighted by Crippen LogP contribution is -2.49. The van der Waals surface area contributed by atoms with E-state index in [1.54, 1.807) is 0 Å². The average molecular weight is 292 g/mol. The first kappa shape index (κ1) is 14.1. The van der Waals surface area contributed by atoms with Crippen LogP contribution in [0, 0.1) is 23.7 Å². The lowest BCUT2D eigenvalue weighted by molar-refractivity contribution is -0.148. The van der Waals surface area contributed by atoms with Gasteiger partial charge in [0, 0.05) is 6.54 Å². The molecule has 1 saturated carbocycles. The number of hydrogen-bond donors (Lipinski definition) is 3. The molecule has 3 N–H and O–H groups in total. The number of amides is 2. The van der Waals surface area contributed by atoms with Crippen molar-refractivity contribution in [2.45, 2.75) is 31.7 Å². The average Bonchev–Trinajstić information content (AvgIpc) is 3.00. The number of fused-ring (bicyclic) bond motifs is 2. The summed E-state index contributed by atoms with van der Waals surface area (Å²) in [5, 5.41) is 14.9. The van der Waals surface area contributed by atoms with Crippen LogP contribution in [0.5, 0.6) is 0 Å². The third-order valence-corrected chi connectivity index (χ3v) is 4.90. The van der Waals surface area contributed by atoms with E-state index in [4.69, 9.17) is 0 Å². The van der Waals surface area contributed by atoms with E-state index in [1.165, 1.54) is 0 Å². The molecule has 1 aliphatic heterocycles. The number of carbonyl (C=O) groups is 3. The van der Waals surface area contributed by atoms with Crippen LogP contribution in [0.25, 0.3) is 0 Å². The van der Waals surface area contributed by atoms with Gasteiger partial charge in [-0.25, -0.2) is 0 Å². The van der Waals surface area contributed by atoms with Gasteiger partial charge in [-0.2, -0.15) is 0 Å². The fourth-order valence-corrected chi connectivity index (χ4v) is 3.86. The minimum atomic E-state index is -0.919. The molecule has 0 aromatic carbocycles. The van der Waals surface area contributed by atoms with Crippen molar-refractivity contribution in [3.05, 3.63) is 12.2 Å². The predicted molar refractivity (Wildman–Crippen MR) is 74.1 cm³/mol. The van der Waals surface area contributed by atoms with E-state index < -0.39 is 23.8 Å². The Bertz CT molecular complexity index is 502. The van der Waals surface area contributed by atoms with Gasteiger partial charge in [-0.05, 0) is 37.5 Å². The molecule has 3 rings (SSSR count). The number of hydrogen-bond acceptors (Lipinski definition) is 3. The monoisotopic (exact) mass is 292 g/mol. The molecule has 0 radical (unpaired) electrons. The van der Waals surface area contributed by atoms with Crippen LogP contribution in [-0.4, -0.2) is 35.5 Å². The zero-order valence-electron chi connectivity index (χ0n) is 11.7. The Balaban J connectivity index is 1.71. The molecule has 2 amide bonds. The van der Waals surface area contributed by atoms with E-state index in [9.17, 15) is 19.5 Å². The minimum Gasteiger partial charge on any atom is -0.481 e. The maximum absolute atomic E-state index is 12.5. The van der Waals surface area contributed by atoms with E-state index in [0.29, 0.717) is 13.0 Å². The van der Waals surface area contributed by atoms with Crippen molar-refractivity contribution in [3.63, 3.8) is 0 Å². The van der Waals surface area contributed by atoms with Crippen LogP contribution in [-0.2, 0) is 14.4 Å². The number of carboxylic acid groups (broad SMARTS) is 1. The molecule has 2 fully saturated rings. The molecule has 2 bridgehead atoms. The first-order valence-corrected chi connectivity index (χ1v) is 7.57.